The molecule has 0 radical (unpaired) electrons. The number of halogens is 1. The molecule has 0 bridgehead atoms. The second kappa shape index (κ2) is 2.66. The summed E-state index contributed by atoms with van der Waals surface area (Å²) in [4.78, 5) is 22.7. The zero-order valence-corrected chi connectivity index (χ0v) is 8.33. The Labute approximate surface area is 82.2 Å². The molecule has 6 heteroatoms. The van der Waals surface area contributed by atoms with Crippen LogP contribution in [0.4, 0.5) is 5.82 Å². The molecular formula is C7H6BrN3O2. The van der Waals surface area contributed by atoms with Gasteiger partial charge in [-0.2, -0.15) is 9.78 Å². The molecule has 1 aliphatic heterocycles. The van der Waals surface area contributed by atoms with Crippen molar-refractivity contribution in [2.24, 2.45) is 5.92 Å². The molecular weight excluding hydrogens is 238 g/mol. The van der Waals surface area contributed by atoms with Gasteiger partial charge in [0.05, 0.1) is 10.7 Å². The molecule has 5 nitrogen and oxygen atoms in total. The molecule has 1 N–H and O–H groups in total. The van der Waals surface area contributed by atoms with Gasteiger partial charge in [0.2, 0.25) is 5.91 Å². The summed E-state index contributed by atoms with van der Waals surface area (Å²) < 4.78 is 1.80. The second-order valence-corrected chi connectivity index (χ2v) is 3.66. The molecule has 0 fully saturated rings. The molecule has 0 aliphatic carbocycles. The second-order valence-electron chi connectivity index (χ2n) is 2.80. The standard InChI is InChI=1S/C7H6BrN3O2/c1-3-6(12)10-5-4(8)2-9-11(5)7(3)13/h2-3H,1H3,(H,10,12). The Hall–Kier alpha value is -1.17. The molecule has 1 unspecified atom stereocenters. The summed E-state index contributed by atoms with van der Waals surface area (Å²) in [6, 6.07) is 0. The van der Waals surface area contributed by atoms with Crippen LogP contribution in [0.3, 0.4) is 0 Å². The molecule has 1 atom stereocenters. The van der Waals surface area contributed by atoms with Gasteiger partial charge in [0, 0.05) is 0 Å². The Morgan fingerprint density at radius 3 is 3.00 bits per heavy atom. The summed E-state index contributed by atoms with van der Waals surface area (Å²) in [6.45, 7) is 1.55. The van der Waals surface area contributed by atoms with E-state index in [2.05, 4.69) is 26.3 Å². The fourth-order valence-electron chi connectivity index (χ4n) is 1.13. The van der Waals surface area contributed by atoms with Crippen molar-refractivity contribution >= 4 is 33.6 Å². The van der Waals surface area contributed by atoms with Gasteiger partial charge < -0.3 is 5.32 Å². The lowest BCUT2D eigenvalue weighted by molar-refractivity contribution is -0.118. The third-order valence-corrected chi connectivity index (χ3v) is 2.52. The van der Waals surface area contributed by atoms with Gasteiger partial charge in [-0.05, 0) is 22.9 Å². The predicted octanol–water partition coefficient (Wildman–Crippen LogP) is 0.874. The largest absolute Gasteiger partial charge is 0.309 e. The van der Waals surface area contributed by atoms with Crippen LogP contribution in [0.15, 0.2) is 10.7 Å². The topological polar surface area (TPSA) is 64.0 Å². The zero-order valence-electron chi connectivity index (χ0n) is 6.74. The number of anilines is 1. The van der Waals surface area contributed by atoms with Crippen molar-refractivity contribution in [3.63, 3.8) is 0 Å². The Bertz CT molecular complexity index is 398. The van der Waals surface area contributed by atoms with E-state index < -0.39 is 5.92 Å². The van der Waals surface area contributed by atoms with Gasteiger partial charge in [-0.15, -0.1) is 0 Å². The quantitative estimate of drug-likeness (QED) is 0.689. The molecule has 2 rings (SSSR count). The molecule has 1 aromatic heterocycles. The summed E-state index contributed by atoms with van der Waals surface area (Å²) >= 11 is 3.18. The average Bonchev–Trinajstić information content (AvgIpc) is 2.45. The minimum Gasteiger partial charge on any atom is -0.309 e. The summed E-state index contributed by atoms with van der Waals surface area (Å²) in [5, 5.41) is 6.41. The molecule has 1 amide bonds. The highest BCUT2D eigenvalue weighted by Gasteiger charge is 2.32. The highest BCUT2D eigenvalue weighted by molar-refractivity contribution is 9.10. The van der Waals surface area contributed by atoms with Crippen LogP contribution in [-0.4, -0.2) is 21.6 Å². The van der Waals surface area contributed by atoms with Gasteiger partial charge in [-0.1, -0.05) is 0 Å². The van der Waals surface area contributed by atoms with Gasteiger partial charge in [0.1, 0.15) is 5.92 Å². The third-order valence-electron chi connectivity index (χ3n) is 1.94. The number of nitrogens with one attached hydrogen (secondary N) is 1. The van der Waals surface area contributed by atoms with Crippen molar-refractivity contribution in [1.82, 2.24) is 9.78 Å². The van der Waals surface area contributed by atoms with Crippen LogP contribution in [0.5, 0.6) is 0 Å². The monoisotopic (exact) mass is 243 g/mol. The number of carbonyl (C=O) groups is 2. The minimum atomic E-state index is -0.667. The highest BCUT2D eigenvalue weighted by Crippen LogP contribution is 2.26. The SMILES string of the molecule is CC1C(=O)Nc2c(Br)cnn2C1=O. The van der Waals surface area contributed by atoms with Gasteiger partial charge in [0.15, 0.2) is 5.82 Å². The summed E-state index contributed by atoms with van der Waals surface area (Å²) in [5.41, 5.74) is 0. The van der Waals surface area contributed by atoms with E-state index in [1.54, 1.807) is 6.92 Å². The van der Waals surface area contributed by atoms with Crippen molar-refractivity contribution in [3.05, 3.63) is 10.7 Å². The van der Waals surface area contributed by atoms with Gasteiger partial charge in [-0.3, -0.25) is 9.59 Å². The fourth-order valence-corrected chi connectivity index (χ4v) is 1.49. The summed E-state index contributed by atoms with van der Waals surface area (Å²) in [6.07, 6.45) is 1.48. The molecule has 0 saturated heterocycles. The van der Waals surface area contributed by atoms with E-state index in [1.807, 2.05) is 0 Å². The molecule has 0 spiro atoms. The lowest BCUT2D eigenvalue weighted by Crippen LogP contribution is -2.38. The van der Waals surface area contributed by atoms with E-state index in [-0.39, 0.29) is 11.8 Å². The first-order chi connectivity index (χ1) is 6.11. The van der Waals surface area contributed by atoms with Gasteiger partial charge in [-0.25, -0.2) is 0 Å². The minimum absolute atomic E-state index is 0.293. The summed E-state index contributed by atoms with van der Waals surface area (Å²) in [5.74, 6) is -0.851. The van der Waals surface area contributed by atoms with Crippen molar-refractivity contribution < 1.29 is 9.59 Å². The number of aromatic nitrogens is 2. The molecule has 1 aliphatic rings. The van der Waals surface area contributed by atoms with Crippen LogP contribution in [0.2, 0.25) is 0 Å². The van der Waals surface area contributed by atoms with Crippen LogP contribution in [0.1, 0.15) is 11.7 Å². The number of fused-ring (bicyclic) bond motifs is 1. The van der Waals surface area contributed by atoms with E-state index in [0.29, 0.717) is 10.3 Å². The lowest BCUT2D eigenvalue weighted by Gasteiger charge is -2.18. The maximum absolute atomic E-state index is 11.5. The average molecular weight is 244 g/mol. The Balaban J connectivity index is 2.57. The Kier molecular flexibility index (Phi) is 1.73. The fraction of sp³-hybridized carbons (Fsp3) is 0.286. The first-order valence-electron chi connectivity index (χ1n) is 3.70. The number of hydrogen-bond acceptors (Lipinski definition) is 3. The lowest BCUT2D eigenvalue weighted by atomic mass is 10.1. The molecule has 13 heavy (non-hydrogen) atoms. The van der Waals surface area contributed by atoms with E-state index in [9.17, 15) is 9.59 Å². The van der Waals surface area contributed by atoms with Crippen LogP contribution >= 0.6 is 15.9 Å². The molecule has 68 valence electrons. The highest BCUT2D eigenvalue weighted by atomic mass is 79.9. The first kappa shape index (κ1) is 8.43. The Morgan fingerprint density at radius 2 is 2.31 bits per heavy atom. The van der Waals surface area contributed by atoms with Crippen molar-refractivity contribution in [3.8, 4) is 0 Å². The maximum atomic E-state index is 11.5. The molecule has 2 heterocycles. The Morgan fingerprint density at radius 1 is 1.62 bits per heavy atom. The molecule has 0 aromatic carbocycles. The predicted molar refractivity (Wildman–Crippen MR) is 48.3 cm³/mol. The van der Waals surface area contributed by atoms with Gasteiger partial charge >= 0.3 is 0 Å². The van der Waals surface area contributed by atoms with E-state index in [0.717, 1.165) is 0 Å². The summed E-state index contributed by atoms with van der Waals surface area (Å²) in [7, 11) is 0. The van der Waals surface area contributed by atoms with E-state index in [1.165, 1.54) is 10.9 Å². The maximum Gasteiger partial charge on any atom is 0.261 e. The van der Waals surface area contributed by atoms with Crippen LogP contribution in [0.25, 0.3) is 0 Å². The van der Waals surface area contributed by atoms with Crippen molar-refractivity contribution in [1.29, 1.82) is 0 Å². The number of amides is 1. The first-order valence-corrected chi connectivity index (χ1v) is 4.49. The number of carbonyl (C=O) groups excluding carboxylic acids is 2. The molecule has 1 aromatic rings. The van der Waals surface area contributed by atoms with E-state index in [4.69, 9.17) is 0 Å². The third kappa shape index (κ3) is 1.09. The number of hydrogen-bond donors (Lipinski definition) is 1. The number of nitrogens with zero attached hydrogens (tertiary/aromatic N) is 2. The zero-order chi connectivity index (χ0) is 9.59. The van der Waals surface area contributed by atoms with Crippen LogP contribution in [-0.2, 0) is 4.79 Å². The van der Waals surface area contributed by atoms with E-state index >= 15 is 0 Å². The van der Waals surface area contributed by atoms with Gasteiger partial charge in [0.25, 0.3) is 5.91 Å². The van der Waals surface area contributed by atoms with Crippen molar-refractivity contribution in [2.75, 3.05) is 5.32 Å². The molecule has 0 saturated carbocycles. The van der Waals surface area contributed by atoms with Crippen LogP contribution in [0, 0.1) is 5.92 Å². The number of rotatable bonds is 0. The van der Waals surface area contributed by atoms with Crippen molar-refractivity contribution in [2.45, 2.75) is 6.92 Å². The van der Waals surface area contributed by atoms with Crippen LogP contribution < -0.4 is 5.32 Å². The smallest absolute Gasteiger partial charge is 0.261 e. The normalized spacial score (nSPS) is 21.2.